The van der Waals surface area contributed by atoms with E-state index in [1.54, 1.807) is 0 Å². The molecule has 0 bridgehead atoms. The first kappa shape index (κ1) is 41.7. The summed E-state index contributed by atoms with van der Waals surface area (Å²) in [7, 11) is 0. The maximum atomic E-state index is 12.5. The average Bonchev–Trinajstić information content (AvgIpc) is 2.99. The van der Waals surface area contributed by atoms with Crippen molar-refractivity contribution < 1.29 is 19.4 Å². The summed E-state index contributed by atoms with van der Waals surface area (Å²) in [5.41, 5.74) is 0. The van der Waals surface area contributed by atoms with Crippen molar-refractivity contribution in [3.63, 3.8) is 0 Å². The Morgan fingerprint density at radius 1 is 0.512 bits per heavy atom. The van der Waals surface area contributed by atoms with E-state index in [9.17, 15) is 9.59 Å². The first-order valence-electron chi connectivity index (χ1n) is 19.2. The van der Waals surface area contributed by atoms with Gasteiger partial charge in [0.25, 0.3) is 0 Å². The van der Waals surface area contributed by atoms with Crippen molar-refractivity contribution in [1.82, 2.24) is 0 Å². The lowest BCUT2D eigenvalue weighted by atomic mass is 10.0. The van der Waals surface area contributed by atoms with Crippen molar-refractivity contribution in [2.24, 2.45) is 0 Å². The quantitative estimate of drug-likeness (QED) is 0.0443. The smallest absolute Gasteiger partial charge is 0.306 e. The molecular formula is C39H74O4. The van der Waals surface area contributed by atoms with Gasteiger partial charge in [-0.05, 0) is 44.6 Å². The van der Waals surface area contributed by atoms with Crippen LogP contribution in [0, 0.1) is 0 Å². The highest BCUT2D eigenvalue weighted by molar-refractivity contribution is 5.69. The van der Waals surface area contributed by atoms with Crippen LogP contribution < -0.4 is 0 Å². The van der Waals surface area contributed by atoms with Crippen LogP contribution in [0.15, 0.2) is 12.2 Å². The highest BCUT2D eigenvalue weighted by Gasteiger charge is 2.11. The molecule has 0 aromatic carbocycles. The highest BCUT2D eigenvalue weighted by atomic mass is 16.5. The van der Waals surface area contributed by atoms with E-state index in [2.05, 4.69) is 26.0 Å². The van der Waals surface area contributed by atoms with Gasteiger partial charge in [0.05, 0.1) is 0 Å². The number of hydrogen-bond acceptors (Lipinski definition) is 3. The number of hydrogen-bond donors (Lipinski definition) is 1. The third-order valence-corrected chi connectivity index (χ3v) is 8.72. The van der Waals surface area contributed by atoms with Crippen molar-refractivity contribution in [2.75, 3.05) is 0 Å². The van der Waals surface area contributed by atoms with Crippen LogP contribution in [0.25, 0.3) is 0 Å². The van der Waals surface area contributed by atoms with Crippen molar-refractivity contribution in [3.05, 3.63) is 12.2 Å². The normalized spacial score (nSPS) is 12.2. The first-order chi connectivity index (χ1) is 21.1. The van der Waals surface area contributed by atoms with Crippen LogP contribution in [-0.2, 0) is 14.3 Å². The fraction of sp³-hybridized carbons (Fsp3) is 0.897. The van der Waals surface area contributed by atoms with Gasteiger partial charge >= 0.3 is 11.9 Å². The van der Waals surface area contributed by atoms with Crippen LogP contribution in [0.1, 0.15) is 219 Å². The van der Waals surface area contributed by atoms with Gasteiger partial charge in [-0.1, -0.05) is 174 Å². The second kappa shape index (κ2) is 35.2. The Morgan fingerprint density at radius 2 is 0.884 bits per heavy atom. The summed E-state index contributed by atoms with van der Waals surface area (Å²) < 4.78 is 5.86. The minimum atomic E-state index is -0.719. The van der Waals surface area contributed by atoms with Gasteiger partial charge in [0.15, 0.2) is 0 Å². The Bertz CT molecular complexity index is 614. The van der Waals surface area contributed by atoms with Crippen molar-refractivity contribution in [2.45, 2.75) is 225 Å². The summed E-state index contributed by atoms with van der Waals surface area (Å²) in [6.07, 6.45) is 42.5. The van der Waals surface area contributed by atoms with Crippen LogP contribution in [0.3, 0.4) is 0 Å². The Labute approximate surface area is 268 Å². The van der Waals surface area contributed by atoms with Crippen LogP contribution >= 0.6 is 0 Å². The maximum Gasteiger partial charge on any atom is 0.306 e. The molecular weight excluding hydrogens is 532 g/mol. The Balaban J connectivity index is 3.81. The zero-order chi connectivity index (χ0) is 31.5. The predicted molar refractivity (Wildman–Crippen MR) is 186 cm³/mol. The van der Waals surface area contributed by atoms with Gasteiger partial charge in [-0.15, -0.1) is 0 Å². The molecule has 0 heterocycles. The molecule has 4 nitrogen and oxygen atoms in total. The van der Waals surface area contributed by atoms with Crippen LogP contribution in [0.5, 0.6) is 0 Å². The second-order valence-corrected chi connectivity index (χ2v) is 13.1. The molecule has 43 heavy (non-hydrogen) atoms. The minimum Gasteiger partial charge on any atom is -0.481 e. The summed E-state index contributed by atoms with van der Waals surface area (Å²) in [4.78, 5) is 23.2. The van der Waals surface area contributed by atoms with Crippen molar-refractivity contribution in [3.8, 4) is 0 Å². The van der Waals surface area contributed by atoms with E-state index >= 15 is 0 Å². The SMILES string of the molecule is CCCCCCC/C=C\C(CCCCCCC(=O)O)OC(=O)CCCCCCCCCCCCCCCCCCCCC. The van der Waals surface area contributed by atoms with Crippen LogP contribution in [0.4, 0.5) is 0 Å². The number of ether oxygens (including phenoxy) is 1. The van der Waals surface area contributed by atoms with E-state index in [1.807, 2.05) is 0 Å². The Hall–Kier alpha value is -1.32. The van der Waals surface area contributed by atoms with Gasteiger partial charge in [0.1, 0.15) is 6.10 Å². The fourth-order valence-corrected chi connectivity index (χ4v) is 5.86. The number of carboxylic acids is 1. The monoisotopic (exact) mass is 607 g/mol. The van der Waals surface area contributed by atoms with Gasteiger partial charge in [-0.2, -0.15) is 0 Å². The van der Waals surface area contributed by atoms with Gasteiger partial charge in [-0.3, -0.25) is 9.59 Å². The van der Waals surface area contributed by atoms with Crippen LogP contribution in [-0.4, -0.2) is 23.1 Å². The molecule has 0 saturated heterocycles. The number of aliphatic carboxylic acids is 1. The molecule has 0 fully saturated rings. The lowest BCUT2D eigenvalue weighted by molar-refractivity contribution is -0.147. The Kier molecular flexibility index (Phi) is 34.1. The van der Waals surface area contributed by atoms with Gasteiger partial charge < -0.3 is 9.84 Å². The number of allylic oxidation sites excluding steroid dienone is 1. The number of esters is 1. The molecule has 254 valence electrons. The summed E-state index contributed by atoms with van der Waals surface area (Å²) in [6, 6.07) is 0. The molecule has 0 aromatic heterocycles. The number of unbranched alkanes of at least 4 members (excludes halogenated alkanes) is 26. The summed E-state index contributed by atoms with van der Waals surface area (Å²) in [5, 5.41) is 8.80. The zero-order valence-corrected chi connectivity index (χ0v) is 29.0. The first-order valence-corrected chi connectivity index (χ1v) is 19.2. The summed E-state index contributed by atoms with van der Waals surface area (Å²) in [6.45, 7) is 4.53. The van der Waals surface area contributed by atoms with E-state index in [-0.39, 0.29) is 18.5 Å². The van der Waals surface area contributed by atoms with Crippen molar-refractivity contribution in [1.29, 1.82) is 0 Å². The van der Waals surface area contributed by atoms with Gasteiger partial charge in [0, 0.05) is 12.8 Å². The van der Waals surface area contributed by atoms with Crippen molar-refractivity contribution >= 4 is 11.9 Å². The van der Waals surface area contributed by atoms with E-state index in [1.165, 1.54) is 141 Å². The molecule has 0 saturated carbocycles. The molecule has 0 spiro atoms. The molecule has 0 aliphatic heterocycles. The number of carbonyl (C=O) groups is 2. The molecule has 0 rings (SSSR count). The minimum absolute atomic E-state index is 0.0598. The lowest BCUT2D eigenvalue weighted by Gasteiger charge is -2.15. The summed E-state index contributed by atoms with van der Waals surface area (Å²) >= 11 is 0. The third-order valence-electron chi connectivity index (χ3n) is 8.72. The molecule has 1 atom stereocenters. The Morgan fingerprint density at radius 3 is 1.33 bits per heavy atom. The average molecular weight is 607 g/mol. The topological polar surface area (TPSA) is 63.6 Å². The van der Waals surface area contributed by atoms with E-state index in [0.717, 1.165) is 51.4 Å². The van der Waals surface area contributed by atoms with E-state index < -0.39 is 5.97 Å². The third kappa shape index (κ3) is 35.0. The van der Waals surface area contributed by atoms with Gasteiger partial charge in [-0.25, -0.2) is 0 Å². The van der Waals surface area contributed by atoms with E-state index in [4.69, 9.17) is 9.84 Å². The van der Waals surface area contributed by atoms with Gasteiger partial charge in [0.2, 0.25) is 0 Å². The molecule has 0 amide bonds. The number of carbonyl (C=O) groups excluding carboxylic acids is 1. The largest absolute Gasteiger partial charge is 0.481 e. The second-order valence-electron chi connectivity index (χ2n) is 13.1. The molecule has 0 aromatic rings. The number of rotatable bonds is 35. The molecule has 1 unspecified atom stereocenters. The highest BCUT2D eigenvalue weighted by Crippen LogP contribution is 2.16. The van der Waals surface area contributed by atoms with Crippen LogP contribution in [0.2, 0.25) is 0 Å². The number of carboxylic acid groups (broad SMARTS) is 1. The molecule has 0 aliphatic carbocycles. The standard InChI is InChI=1S/C39H74O4/c1-3-5-7-9-11-12-13-14-15-16-17-18-19-20-21-22-24-26-32-36-39(42)43-37(33-29-25-23-10-8-6-4-2)34-30-27-28-31-35-38(40)41/h29,33,37H,3-28,30-32,34-36H2,1-2H3,(H,40,41)/b33-29-. The molecule has 4 heteroatoms. The summed E-state index contributed by atoms with van der Waals surface area (Å²) in [5.74, 6) is -0.779. The van der Waals surface area contributed by atoms with E-state index in [0.29, 0.717) is 6.42 Å². The lowest BCUT2D eigenvalue weighted by Crippen LogP contribution is -2.16. The molecule has 1 N–H and O–H groups in total. The molecule has 0 aliphatic rings. The maximum absolute atomic E-state index is 12.5. The molecule has 0 radical (unpaired) electrons. The fourth-order valence-electron chi connectivity index (χ4n) is 5.86. The zero-order valence-electron chi connectivity index (χ0n) is 29.0. The predicted octanol–water partition coefficient (Wildman–Crippen LogP) is 13.1.